The Balaban J connectivity index is 1.88. The van der Waals surface area contributed by atoms with E-state index in [-0.39, 0.29) is 17.5 Å². The first-order valence-electron chi connectivity index (χ1n) is 8.64. The maximum Gasteiger partial charge on any atom is 0.253 e. The molecule has 7 nitrogen and oxygen atoms in total. The number of benzene rings is 1. The van der Waals surface area contributed by atoms with Crippen LogP contribution in [0.1, 0.15) is 40.9 Å². The molecule has 1 atom stereocenters. The number of nitrogens with zero attached hydrogens (tertiary/aromatic N) is 3. The molecular formula is C21H17N5O2. The van der Waals surface area contributed by atoms with Crippen LogP contribution in [-0.2, 0) is 11.2 Å². The standard InChI is InChI=1S/C21H17N5O2/c1-12-4-3-5-18-20(12)16(10-23)15(21(28)26-18)8-19(27)25-13(2)17-7-6-14(9-22)11-24-17/h3-7,11,13H,8H2,1-2H3,(H,25,27)(H,26,28)/t13-/m0/s1. The van der Waals surface area contributed by atoms with E-state index < -0.39 is 17.5 Å². The van der Waals surface area contributed by atoms with Crippen molar-refractivity contribution in [2.24, 2.45) is 0 Å². The molecule has 0 radical (unpaired) electrons. The van der Waals surface area contributed by atoms with Crippen molar-refractivity contribution in [3.8, 4) is 12.1 Å². The summed E-state index contributed by atoms with van der Waals surface area (Å²) in [6.45, 7) is 3.61. The van der Waals surface area contributed by atoms with E-state index in [4.69, 9.17) is 5.26 Å². The molecule has 0 saturated carbocycles. The van der Waals surface area contributed by atoms with Crippen LogP contribution in [0.3, 0.4) is 0 Å². The SMILES string of the molecule is Cc1cccc2[nH]c(=O)c(CC(=O)N[C@@H](C)c3ccc(C#N)cn3)c(C#N)c12. The number of carbonyl (C=O) groups excluding carboxylic acids is 1. The second-order valence-corrected chi connectivity index (χ2v) is 6.47. The zero-order valence-electron chi connectivity index (χ0n) is 15.4. The lowest BCUT2D eigenvalue weighted by Gasteiger charge is -2.14. The highest BCUT2D eigenvalue weighted by atomic mass is 16.2. The molecule has 3 aromatic rings. The van der Waals surface area contributed by atoms with Crippen LogP contribution in [-0.4, -0.2) is 15.9 Å². The van der Waals surface area contributed by atoms with Gasteiger partial charge in [-0.05, 0) is 37.6 Å². The van der Waals surface area contributed by atoms with Crippen LogP contribution in [0.15, 0.2) is 41.3 Å². The van der Waals surface area contributed by atoms with E-state index >= 15 is 0 Å². The van der Waals surface area contributed by atoms with Crippen LogP contribution in [0.4, 0.5) is 0 Å². The summed E-state index contributed by atoms with van der Waals surface area (Å²) in [5.74, 6) is -0.395. The van der Waals surface area contributed by atoms with E-state index in [0.29, 0.717) is 22.2 Å². The Morgan fingerprint density at radius 2 is 2.04 bits per heavy atom. The molecule has 1 aromatic carbocycles. The molecule has 0 unspecified atom stereocenters. The molecule has 0 saturated heterocycles. The molecule has 2 heterocycles. The molecule has 2 aromatic heterocycles. The number of hydrogen-bond donors (Lipinski definition) is 2. The van der Waals surface area contributed by atoms with Crippen molar-refractivity contribution >= 4 is 16.8 Å². The van der Waals surface area contributed by atoms with Gasteiger partial charge in [-0.1, -0.05) is 12.1 Å². The fraction of sp³-hybridized carbons (Fsp3) is 0.190. The first-order valence-corrected chi connectivity index (χ1v) is 8.64. The van der Waals surface area contributed by atoms with E-state index in [1.807, 2.05) is 19.1 Å². The number of aryl methyl sites for hydroxylation is 1. The normalized spacial score (nSPS) is 11.4. The lowest BCUT2D eigenvalue weighted by molar-refractivity contribution is -0.121. The van der Waals surface area contributed by atoms with Crippen LogP contribution in [0.2, 0.25) is 0 Å². The molecule has 0 fully saturated rings. The molecule has 0 aliphatic heterocycles. The minimum absolute atomic E-state index is 0.141. The highest BCUT2D eigenvalue weighted by Gasteiger charge is 2.18. The Bertz CT molecular complexity index is 1200. The van der Waals surface area contributed by atoms with E-state index in [9.17, 15) is 14.9 Å². The smallest absolute Gasteiger partial charge is 0.253 e. The monoisotopic (exact) mass is 371 g/mol. The van der Waals surface area contributed by atoms with E-state index in [1.165, 1.54) is 6.20 Å². The third-order valence-corrected chi connectivity index (χ3v) is 4.53. The molecular weight excluding hydrogens is 354 g/mol. The summed E-state index contributed by atoms with van der Waals surface area (Å²) in [7, 11) is 0. The van der Waals surface area contributed by atoms with Gasteiger partial charge < -0.3 is 10.3 Å². The fourth-order valence-corrected chi connectivity index (χ4v) is 3.11. The van der Waals surface area contributed by atoms with E-state index in [0.717, 1.165) is 5.56 Å². The van der Waals surface area contributed by atoms with Gasteiger partial charge in [0.25, 0.3) is 5.56 Å². The van der Waals surface area contributed by atoms with Gasteiger partial charge in [0, 0.05) is 22.7 Å². The minimum Gasteiger partial charge on any atom is -0.348 e. The number of fused-ring (bicyclic) bond motifs is 1. The molecule has 7 heteroatoms. The number of aromatic nitrogens is 2. The Morgan fingerprint density at radius 3 is 2.68 bits per heavy atom. The maximum absolute atomic E-state index is 12.5. The number of pyridine rings is 2. The first-order chi connectivity index (χ1) is 13.4. The van der Waals surface area contributed by atoms with Crippen LogP contribution < -0.4 is 10.9 Å². The van der Waals surface area contributed by atoms with Crippen molar-refractivity contribution in [1.29, 1.82) is 10.5 Å². The van der Waals surface area contributed by atoms with Gasteiger partial charge in [0.05, 0.1) is 29.3 Å². The molecule has 138 valence electrons. The molecule has 1 amide bonds. The number of rotatable bonds is 4. The molecule has 0 aliphatic rings. The van der Waals surface area contributed by atoms with Crippen molar-refractivity contribution in [3.05, 3.63) is 74.8 Å². The van der Waals surface area contributed by atoms with Crippen molar-refractivity contribution in [2.75, 3.05) is 0 Å². The van der Waals surface area contributed by atoms with Gasteiger partial charge in [0.1, 0.15) is 12.1 Å². The van der Waals surface area contributed by atoms with Gasteiger partial charge in [-0.25, -0.2) is 0 Å². The lowest BCUT2D eigenvalue weighted by Crippen LogP contribution is -2.31. The van der Waals surface area contributed by atoms with E-state index in [1.54, 1.807) is 31.2 Å². The fourth-order valence-electron chi connectivity index (χ4n) is 3.11. The largest absolute Gasteiger partial charge is 0.348 e. The number of amides is 1. The van der Waals surface area contributed by atoms with Crippen molar-refractivity contribution in [3.63, 3.8) is 0 Å². The van der Waals surface area contributed by atoms with E-state index in [2.05, 4.69) is 21.4 Å². The Morgan fingerprint density at radius 1 is 1.25 bits per heavy atom. The first kappa shape index (κ1) is 18.8. The van der Waals surface area contributed by atoms with Gasteiger partial charge in [0.2, 0.25) is 5.91 Å². The highest BCUT2D eigenvalue weighted by Crippen LogP contribution is 2.22. The third-order valence-electron chi connectivity index (χ3n) is 4.53. The predicted octanol–water partition coefficient (Wildman–Crippen LogP) is 2.39. The summed E-state index contributed by atoms with van der Waals surface area (Å²) < 4.78 is 0. The zero-order chi connectivity index (χ0) is 20.3. The number of H-pyrrole nitrogens is 1. The summed E-state index contributed by atoms with van der Waals surface area (Å²) in [4.78, 5) is 31.9. The molecule has 0 aliphatic carbocycles. The minimum atomic E-state index is -0.450. The molecule has 28 heavy (non-hydrogen) atoms. The van der Waals surface area contributed by atoms with Crippen molar-refractivity contribution in [2.45, 2.75) is 26.3 Å². The quantitative estimate of drug-likeness (QED) is 0.729. The summed E-state index contributed by atoms with van der Waals surface area (Å²) in [5.41, 5.74) is 2.35. The number of nitrogens with one attached hydrogen (secondary N) is 2. The molecule has 2 N–H and O–H groups in total. The summed E-state index contributed by atoms with van der Waals surface area (Å²) in [6.07, 6.45) is 1.21. The van der Waals surface area contributed by atoms with Crippen LogP contribution in [0.25, 0.3) is 10.9 Å². The van der Waals surface area contributed by atoms with Gasteiger partial charge in [0.15, 0.2) is 0 Å². The zero-order valence-corrected chi connectivity index (χ0v) is 15.4. The number of aromatic amines is 1. The molecule has 0 bridgehead atoms. The summed E-state index contributed by atoms with van der Waals surface area (Å²) in [6, 6.07) is 12.3. The number of nitriles is 2. The second-order valence-electron chi connectivity index (χ2n) is 6.47. The summed E-state index contributed by atoms with van der Waals surface area (Å²) in [5, 5.41) is 21.9. The molecule has 3 rings (SSSR count). The maximum atomic E-state index is 12.5. The Kier molecular flexibility index (Phi) is 5.19. The highest BCUT2D eigenvalue weighted by molar-refractivity contribution is 5.90. The van der Waals surface area contributed by atoms with Gasteiger partial charge in [-0.15, -0.1) is 0 Å². The predicted molar refractivity (Wildman–Crippen MR) is 103 cm³/mol. The van der Waals surface area contributed by atoms with Gasteiger partial charge >= 0.3 is 0 Å². The van der Waals surface area contributed by atoms with Crippen LogP contribution in [0.5, 0.6) is 0 Å². The number of hydrogen-bond acceptors (Lipinski definition) is 5. The second kappa shape index (κ2) is 7.73. The molecule has 0 spiro atoms. The van der Waals surface area contributed by atoms with Crippen LogP contribution in [0, 0.1) is 29.6 Å². The number of carbonyl (C=O) groups is 1. The third kappa shape index (κ3) is 3.60. The van der Waals surface area contributed by atoms with Gasteiger partial charge in [-0.2, -0.15) is 10.5 Å². The lowest BCUT2D eigenvalue weighted by atomic mass is 9.98. The van der Waals surface area contributed by atoms with Gasteiger partial charge in [-0.3, -0.25) is 14.6 Å². The summed E-state index contributed by atoms with van der Waals surface area (Å²) >= 11 is 0. The van der Waals surface area contributed by atoms with Crippen LogP contribution >= 0.6 is 0 Å². The van der Waals surface area contributed by atoms with Crippen molar-refractivity contribution in [1.82, 2.24) is 15.3 Å². The topological polar surface area (TPSA) is 122 Å². The van der Waals surface area contributed by atoms with Crippen molar-refractivity contribution < 1.29 is 4.79 Å². The Hall–Kier alpha value is -3.97. The Labute approximate surface area is 161 Å². The average Bonchev–Trinajstić information content (AvgIpc) is 2.69. The average molecular weight is 371 g/mol.